The van der Waals surface area contributed by atoms with Crippen molar-refractivity contribution in [3.63, 3.8) is 0 Å². The van der Waals surface area contributed by atoms with E-state index < -0.39 is 0 Å². The molecule has 4 heteroatoms. The highest BCUT2D eigenvalue weighted by molar-refractivity contribution is 8.01. The summed E-state index contributed by atoms with van der Waals surface area (Å²) >= 11 is 3.93. The maximum Gasteiger partial charge on any atom is 0.247 e. The van der Waals surface area contributed by atoms with Gasteiger partial charge in [-0.15, -0.1) is 0 Å². The Bertz CT molecular complexity index is 1600. The highest BCUT2D eigenvalue weighted by Crippen LogP contribution is 2.58. The van der Waals surface area contributed by atoms with Gasteiger partial charge in [0.15, 0.2) is 0 Å². The van der Waals surface area contributed by atoms with Crippen LogP contribution < -0.4 is 21.3 Å². The zero-order valence-corrected chi connectivity index (χ0v) is 27.8. The van der Waals surface area contributed by atoms with Crippen LogP contribution in [-0.2, 0) is 0 Å². The van der Waals surface area contributed by atoms with Crippen LogP contribution in [0.4, 0.5) is 5.69 Å². The minimum atomic E-state index is -0.0113. The van der Waals surface area contributed by atoms with Gasteiger partial charge in [0.2, 0.25) is 6.71 Å². The van der Waals surface area contributed by atoms with Gasteiger partial charge in [-0.2, -0.15) is 0 Å². The maximum atomic E-state index is 2.77. The summed E-state index contributed by atoms with van der Waals surface area (Å²) < 4.78 is 0. The molecule has 0 aromatic heterocycles. The molecule has 1 saturated heterocycles. The van der Waals surface area contributed by atoms with Crippen LogP contribution >= 0.6 is 23.5 Å². The van der Waals surface area contributed by atoms with Crippen LogP contribution in [0, 0.1) is 11.5 Å². The van der Waals surface area contributed by atoms with Gasteiger partial charge in [0, 0.05) is 30.8 Å². The number of rotatable bonds is 4. The van der Waals surface area contributed by atoms with Gasteiger partial charge in [-0.1, -0.05) is 131 Å². The second-order valence-electron chi connectivity index (χ2n) is 14.3. The molecular formula is C38H41BNS2. The quantitative estimate of drug-likeness (QED) is 0.190. The van der Waals surface area contributed by atoms with Gasteiger partial charge in [-0.3, -0.25) is 0 Å². The Kier molecular flexibility index (Phi) is 6.72. The molecule has 1 nitrogen and oxygen atoms in total. The molecule has 0 N–H and O–H groups in total. The van der Waals surface area contributed by atoms with E-state index in [2.05, 4.69) is 139 Å². The lowest BCUT2D eigenvalue weighted by Gasteiger charge is -2.43. The minimum absolute atomic E-state index is 0.0113. The monoisotopic (exact) mass is 586 g/mol. The van der Waals surface area contributed by atoms with Crippen molar-refractivity contribution < 1.29 is 0 Å². The van der Waals surface area contributed by atoms with E-state index in [1.165, 1.54) is 64.4 Å². The van der Waals surface area contributed by atoms with Crippen LogP contribution in [0.15, 0.2) is 98.4 Å². The molecule has 0 aliphatic carbocycles. The lowest BCUT2D eigenvalue weighted by molar-refractivity contribution is 0.376. The molecule has 0 bridgehead atoms. The fourth-order valence-electron chi connectivity index (χ4n) is 8.08. The third-order valence-corrected chi connectivity index (χ3v) is 11.8. The van der Waals surface area contributed by atoms with E-state index in [1.807, 2.05) is 23.5 Å². The van der Waals surface area contributed by atoms with E-state index in [-0.39, 0.29) is 11.0 Å². The van der Waals surface area contributed by atoms with Crippen molar-refractivity contribution in [3.8, 4) is 0 Å². The van der Waals surface area contributed by atoms with E-state index in [1.54, 1.807) is 0 Å². The average Bonchev–Trinajstić information content (AvgIpc) is 3.14. The zero-order chi connectivity index (χ0) is 29.6. The van der Waals surface area contributed by atoms with Crippen LogP contribution in [0.25, 0.3) is 0 Å². The Balaban J connectivity index is 1.47. The van der Waals surface area contributed by atoms with Crippen molar-refractivity contribution in [2.75, 3.05) is 4.90 Å². The van der Waals surface area contributed by atoms with Gasteiger partial charge in [0.1, 0.15) is 0 Å². The topological polar surface area (TPSA) is 3.24 Å². The molecule has 213 valence electrons. The molecule has 3 aliphatic rings. The first kappa shape index (κ1) is 28.2. The predicted octanol–water partition coefficient (Wildman–Crippen LogP) is 8.97. The molecule has 0 atom stereocenters. The molecule has 1 radical (unpaired) electrons. The fourth-order valence-corrected chi connectivity index (χ4v) is 10.6. The number of hydrogen-bond donors (Lipinski definition) is 0. The van der Waals surface area contributed by atoms with E-state index in [0.717, 1.165) is 6.42 Å². The third-order valence-electron chi connectivity index (χ3n) is 9.48. The molecule has 42 heavy (non-hydrogen) atoms. The van der Waals surface area contributed by atoms with Gasteiger partial charge >= 0.3 is 0 Å². The summed E-state index contributed by atoms with van der Waals surface area (Å²) in [6.45, 7) is 19.5. The predicted molar refractivity (Wildman–Crippen MR) is 184 cm³/mol. The van der Waals surface area contributed by atoms with Gasteiger partial charge in [-0.25, -0.2) is 0 Å². The van der Waals surface area contributed by atoms with Gasteiger partial charge in [0.25, 0.3) is 0 Å². The molecule has 7 rings (SSSR count). The van der Waals surface area contributed by atoms with Crippen LogP contribution in [0.2, 0.25) is 0 Å². The number of benzene rings is 4. The standard InChI is InChI=1S/C38H41BNS2/c1-23(2)26-14-13-15-27(24(3)4)35(26)40-36(37(5,6)22-38(40,7)8)25-20-32-34-33(21-25)42-31-19-12-10-17-29(31)39(34)28-16-9-11-18-30(28)41-32/h9-21,23-24H,22H2,1-8H3. The first-order valence-electron chi connectivity index (χ1n) is 15.5. The van der Waals surface area contributed by atoms with Crippen LogP contribution in [0.5, 0.6) is 0 Å². The minimum Gasteiger partial charge on any atom is -0.353 e. The number of para-hydroxylation sites is 1. The first-order chi connectivity index (χ1) is 20.0. The molecule has 0 amide bonds. The van der Waals surface area contributed by atoms with Crippen molar-refractivity contribution in [1.29, 1.82) is 0 Å². The summed E-state index contributed by atoms with van der Waals surface area (Å²) in [4.78, 5) is 8.39. The highest BCUT2D eigenvalue weighted by Gasteiger charge is 2.54. The third kappa shape index (κ3) is 4.31. The Hall–Kier alpha value is -2.56. The molecule has 0 spiro atoms. The van der Waals surface area contributed by atoms with Gasteiger partial charge < -0.3 is 4.90 Å². The Morgan fingerprint density at radius 1 is 0.667 bits per heavy atom. The van der Waals surface area contributed by atoms with Gasteiger partial charge in [-0.05, 0) is 83.9 Å². The summed E-state index contributed by atoms with van der Waals surface area (Å²) in [5.41, 5.74) is 10.1. The van der Waals surface area contributed by atoms with Crippen molar-refractivity contribution in [2.45, 2.75) is 98.8 Å². The molecule has 0 unspecified atom stereocenters. The SMILES string of the molecule is CC(C)c1cccc(C(C)C)c1N1[C](c2cc3c4c(c2)Sc2ccccc2B4c2ccccc2S3)C(C)(C)CC1(C)C. The molecule has 4 aromatic rings. The average molecular weight is 587 g/mol. The van der Waals surface area contributed by atoms with Crippen LogP contribution in [-0.4, -0.2) is 12.3 Å². The Morgan fingerprint density at radius 3 is 1.67 bits per heavy atom. The summed E-state index contributed by atoms with van der Waals surface area (Å²) in [7, 11) is 0. The maximum absolute atomic E-state index is 2.77. The van der Waals surface area contributed by atoms with Crippen molar-refractivity contribution in [2.24, 2.45) is 5.41 Å². The number of fused-ring (bicyclic) bond motifs is 4. The van der Waals surface area contributed by atoms with Crippen LogP contribution in [0.1, 0.15) is 90.3 Å². The smallest absolute Gasteiger partial charge is 0.247 e. The number of anilines is 1. The summed E-state index contributed by atoms with van der Waals surface area (Å²) in [6.07, 6.45) is 1.11. The molecular weight excluding hydrogens is 545 g/mol. The second kappa shape index (κ2) is 9.99. The Morgan fingerprint density at radius 2 is 1.17 bits per heavy atom. The number of nitrogens with zero attached hydrogens (tertiary/aromatic N) is 1. The summed E-state index contributed by atoms with van der Waals surface area (Å²) in [5.74, 6) is 0.896. The lowest BCUT2D eigenvalue weighted by Crippen LogP contribution is -2.58. The lowest BCUT2D eigenvalue weighted by atomic mass is 9.36. The van der Waals surface area contributed by atoms with E-state index in [0.29, 0.717) is 18.5 Å². The van der Waals surface area contributed by atoms with Gasteiger partial charge in [0.05, 0.1) is 6.04 Å². The van der Waals surface area contributed by atoms with E-state index in [4.69, 9.17) is 0 Å². The van der Waals surface area contributed by atoms with E-state index >= 15 is 0 Å². The first-order valence-corrected chi connectivity index (χ1v) is 17.1. The zero-order valence-electron chi connectivity index (χ0n) is 26.2. The van der Waals surface area contributed by atoms with E-state index in [9.17, 15) is 0 Å². The second-order valence-corrected chi connectivity index (χ2v) is 16.4. The van der Waals surface area contributed by atoms with Crippen LogP contribution in [0.3, 0.4) is 0 Å². The molecule has 1 fully saturated rings. The Labute approximate surface area is 262 Å². The fraction of sp³-hybridized carbons (Fsp3) is 0.342. The molecule has 3 heterocycles. The van der Waals surface area contributed by atoms with Crippen molar-refractivity contribution in [1.82, 2.24) is 0 Å². The molecule has 4 aromatic carbocycles. The van der Waals surface area contributed by atoms with Crippen molar-refractivity contribution >= 4 is 52.3 Å². The molecule has 3 aliphatic heterocycles. The van der Waals surface area contributed by atoms with Crippen molar-refractivity contribution in [3.05, 3.63) is 102 Å². The summed E-state index contributed by atoms with van der Waals surface area (Å²) in [6, 6.07) is 31.7. The molecule has 0 saturated carbocycles. The highest BCUT2D eigenvalue weighted by atomic mass is 32.2. The normalized spacial score (nSPS) is 18.3. The summed E-state index contributed by atoms with van der Waals surface area (Å²) in [5, 5.41) is 0. The number of hydrogen-bond acceptors (Lipinski definition) is 3. The largest absolute Gasteiger partial charge is 0.353 e.